The van der Waals surface area contributed by atoms with E-state index in [-0.39, 0.29) is 11.7 Å². The highest BCUT2D eigenvalue weighted by atomic mass is 19.1. The predicted octanol–water partition coefficient (Wildman–Crippen LogP) is 2.54. The van der Waals surface area contributed by atoms with Gasteiger partial charge in [-0.3, -0.25) is 14.7 Å². The van der Waals surface area contributed by atoms with E-state index in [0.717, 1.165) is 31.5 Å². The summed E-state index contributed by atoms with van der Waals surface area (Å²) < 4.78 is 13.1. The number of likely N-dealkylation sites (tertiary alicyclic amines) is 1. The molecule has 1 aromatic heterocycles. The maximum atomic E-state index is 13.1. The van der Waals surface area contributed by atoms with Crippen LogP contribution in [0.1, 0.15) is 32.3 Å². The van der Waals surface area contributed by atoms with Crippen LogP contribution in [0.3, 0.4) is 0 Å². The highest BCUT2D eigenvalue weighted by Crippen LogP contribution is 2.34. The van der Waals surface area contributed by atoms with Gasteiger partial charge in [0.25, 0.3) is 0 Å². The molecule has 0 spiro atoms. The third-order valence-electron chi connectivity index (χ3n) is 4.25. The van der Waals surface area contributed by atoms with Crippen LogP contribution in [0.4, 0.5) is 4.39 Å². The SMILES string of the molecule is CC(C)(C(=O)O)C1CCCN(Cc2cncc(F)c2)C1. The van der Waals surface area contributed by atoms with Crippen molar-refractivity contribution in [2.45, 2.75) is 33.2 Å². The minimum absolute atomic E-state index is 0.121. The lowest BCUT2D eigenvalue weighted by Crippen LogP contribution is -2.44. The Bertz CT molecular complexity index is 491. The Kier molecular flexibility index (Phi) is 4.38. The number of carboxylic acids is 1. The molecule has 0 aliphatic carbocycles. The molecule has 0 saturated carbocycles. The molecule has 110 valence electrons. The molecule has 1 atom stereocenters. The molecule has 1 aliphatic heterocycles. The van der Waals surface area contributed by atoms with E-state index in [9.17, 15) is 14.3 Å². The Hall–Kier alpha value is -1.49. The summed E-state index contributed by atoms with van der Waals surface area (Å²) in [7, 11) is 0. The molecule has 2 rings (SSSR count). The number of hydrogen-bond donors (Lipinski definition) is 1. The summed E-state index contributed by atoms with van der Waals surface area (Å²) in [5, 5.41) is 9.33. The van der Waals surface area contributed by atoms with Crippen LogP contribution in [0.25, 0.3) is 0 Å². The first-order valence-electron chi connectivity index (χ1n) is 6.95. The summed E-state index contributed by atoms with van der Waals surface area (Å²) in [4.78, 5) is 17.4. The van der Waals surface area contributed by atoms with Crippen molar-refractivity contribution in [3.05, 3.63) is 29.8 Å². The Balaban J connectivity index is 2.02. The molecule has 1 N–H and O–H groups in total. The van der Waals surface area contributed by atoms with Gasteiger partial charge in [-0.1, -0.05) is 0 Å². The van der Waals surface area contributed by atoms with Gasteiger partial charge in [0.1, 0.15) is 5.82 Å². The number of piperidine rings is 1. The normalized spacial score (nSPS) is 20.9. The lowest BCUT2D eigenvalue weighted by Gasteiger charge is -2.39. The number of carboxylic acid groups (broad SMARTS) is 1. The highest BCUT2D eigenvalue weighted by Gasteiger charge is 2.38. The highest BCUT2D eigenvalue weighted by molar-refractivity contribution is 5.74. The summed E-state index contributed by atoms with van der Waals surface area (Å²) in [6.07, 6.45) is 4.76. The van der Waals surface area contributed by atoms with Gasteiger partial charge in [-0.25, -0.2) is 4.39 Å². The first-order valence-corrected chi connectivity index (χ1v) is 6.95. The topological polar surface area (TPSA) is 53.4 Å². The second-order valence-corrected chi connectivity index (χ2v) is 6.11. The largest absolute Gasteiger partial charge is 0.481 e. The number of hydrogen-bond acceptors (Lipinski definition) is 3. The molecular formula is C15H21FN2O2. The zero-order valence-electron chi connectivity index (χ0n) is 12.0. The molecule has 0 bridgehead atoms. The molecule has 2 heterocycles. The fourth-order valence-electron chi connectivity index (χ4n) is 2.76. The molecule has 1 aliphatic rings. The van der Waals surface area contributed by atoms with Gasteiger partial charge in [-0.15, -0.1) is 0 Å². The zero-order chi connectivity index (χ0) is 14.8. The molecule has 1 unspecified atom stereocenters. The number of aliphatic carboxylic acids is 1. The lowest BCUT2D eigenvalue weighted by atomic mass is 9.74. The number of halogens is 1. The fraction of sp³-hybridized carbons (Fsp3) is 0.600. The van der Waals surface area contributed by atoms with Crippen LogP contribution in [0.2, 0.25) is 0 Å². The molecule has 5 heteroatoms. The maximum absolute atomic E-state index is 13.1. The van der Waals surface area contributed by atoms with Crippen LogP contribution in [0.15, 0.2) is 18.5 Å². The van der Waals surface area contributed by atoms with Crippen LogP contribution < -0.4 is 0 Å². The summed E-state index contributed by atoms with van der Waals surface area (Å²) in [5.41, 5.74) is 0.109. The van der Waals surface area contributed by atoms with Crippen LogP contribution in [0, 0.1) is 17.2 Å². The van der Waals surface area contributed by atoms with Crippen molar-refractivity contribution in [3.63, 3.8) is 0 Å². The van der Waals surface area contributed by atoms with Gasteiger partial charge in [0.05, 0.1) is 11.6 Å². The van der Waals surface area contributed by atoms with E-state index < -0.39 is 11.4 Å². The van der Waals surface area contributed by atoms with Crippen molar-refractivity contribution in [1.29, 1.82) is 0 Å². The molecule has 0 radical (unpaired) electrons. The van der Waals surface area contributed by atoms with Gasteiger partial charge in [0.15, 0.2) is 0 Å². The summed E-state index contributed by atoms with van der Waals surface area (Å²) in [6.45, 7) is 5.84. The van der Waals surface area contributed by atoms with E-state index in [1.54, 1.807) is 20.0 Å². The monoisotopic (exact) mass is 280 g/mol. The summed E-state index contributed by atoms with van der Waals surface area (Å²) in [5.74, 6) is -0.964. The van der Waals surface area contributed by atoms with Crippen LogP contribution in [-0.4, -0.2) is 34.0 Å². The van der Waals surface area contributed by atoms with Crippen LogP contribution in [0.5, 0.6) is 0 Å². The van der Waals surface area contributed by atoms with E-state index in [4.69, 9.17) is 0 Å². The molecule has 1 fully saturated rings. The Morgan fingerprint density at radius 2 is 2.30 bits per heavy atom. The second kappa shape index (κ2) is 5.87. The van der Waals surface area contributed by atoms with Crippen molar-refractivity contribution in [3.8, 4) is 0 Å². The van der Waals surface area contributed by atoms with E-state index in [1.807, 2.05) is 0 Å². The van der Waals surface area contributed by atoms with Gasteiger partial charge in [0, 0.05) is 19.3 Å². The number of rotatable bonds is 4. The maximum Gasteiger partial charge on any atom is 0.309 e. The lowest BCUT2D eigenvalue weighted by molar-refractivity contribution is -0.151. The number of nitrogens with zero attached hydrogens (tertiary/aromatic N) is 2. The summed E-state index contributed by atoms with van der Waals surface area (Å²) in [6, 6.07) is 1.49. The van der Waals surface area contributed by atoms with Crippen LogP contribution >= 0.6 is 0 Å². The first kappa shape index (κ1) is 14.9. The second-order valence-electron chi connectivity index (χ2n) is 6.11. The van der Waals surface area contributed by atoms with Gasteiger partial charge in [-0.05, 0) is 50.8 Å². The standard InChI is InChI=1S/C15H21FN2O2/c1-15(2,14(19)20)12-4-3-5-18(10-12)9-11-6-13(16)8-17-7-11/h6-8,12H,3-5,9-10H2,1-2H3,(H,19,20). The predicted molar refractivity (Wildman–Crippen MR) is 73.6 cm³/mol. The third kappa shape index (κ3) is 3.33. The molecule has 20 heavy (non-hydrogen) atoms. The molecule has 1 saturated heterocycles. The number of pyridine rings is 1. The average Bonchev–Trinajstić information content (AvgIpc) is 2.39. The minimum Gasteiger partial charge on any atom is -0.481 e. The molecule has 0 amide bonds. The first-order chi connectivity index (χ1) is 9.39. The smallest absolute Gasteiger partial charge is 0.309 e. The van der Waals surface area contributed by atoms with Crippen molar-refractivity contribution in [2.75, 3.05) is 13.1 Å². The molecular weight excluding hydrogens is 259 g/mol. The van der Waals surface area contributed by atoms with Gasteiger partial charge in [-0.2, -0.15) is 0 Å². The Morgan fingerprint density at radius 1 is 1.55 bits per heavy atom. The van der Waals surface area contributed by atoms with Crippen molar-refractivity contribution < 1.29 is 14.3 Å². The van der Waals surface area contributed by atoms with E-state index in [1.165, 1.54) is 12.3 Å². The van der Waals surface area contributed by atoms with E-state index in [0.29, 0.717) is 6.54 Å². The quantitative estimate of drug-likeness (QED) is 0.921. The minimum atomic E-state index is -0.753. The Morgan fingerprint density at radius 3 is 2.95 bits per heavy atom. The van der Waals surface area contributed by atoms with Gasteiger partial charge in [0.2, 0.25) is 0 Å². The van der Waals surface area contributed by atoms with Crippen molar-refractivity contribution >= 4 is 5.97 Å². The fourth-order valence-corrected chi connectivity index (χ4v) is 2.76. The van der Waals surface area contributed by atoms with Crippen LogP contribution in [-0.2, 0) is 11.3 Å². The van der Waals surface area contributed by atoms with Crippen molar-refractivity contribution in [1.82, 2.24) is 9.88 Å². The molecule has 1 aromatic rings. The van der Waals surface area contributed by atoms with E-state index in [2.05, 4.69) is 9.88 Å². The number of aromatic nitrogens is 1. The summed E-state index contributed by atoms with van der Waals surface area (Å²) >= 11 is 0. The van der Waals surface area contributed by atoms with Gasteiger partial charge < -0.3 is 5.11 Å². The zero-order valence-corrected chi connectivity index (χ0v) is 12.0. The molecule has 4 nitrogen and oxygen atoms in total. The third-order valence-corrected chi connectivity index (χ3v) is 4.25. The number of carbonyl (C=O) groups is 1. The average molecular weight is 280 g/mol. The Labute approximate surface area is 118 Å². The van der Waals surface area contributed by atoms with E-state index >= 15 is 0 Å². The molecule has 0 aromatic carbocycles. The van der Waals surface area contributed by atoms with Crippen molar-refractivity contribution in [2.24, 2.45) is 11.3 Å². The van der Waals surface area contributed by atoms with Gasteiger partial charge >= 0.3 is 5.97 Å².